The lowest BCUT2D eigenvalue weighted by atomic mass is 9.96. The summed E-state index contributed by atoms with van der Waals surface area (Å²) in [6, 6.07) is 26.0. The molecule has 3 aromatic rings. The van der Waals surface area contributed by atoms with E-state index in [1.807, 2.05) is 0 Å². The van der Waals surface area contributed by atoms with E-state index in [-0.39, 0.29) is 0 Å². The fourth-order valence-electron chi connectivity index (χ4n) is 3.01. The van der Waals surface area contributed by atoms with Crippen molar-refractivity contribution in [1.82, 2.24) is 0 Å². The molecule has 0 amide bonds. The van der Waals surface area contributed by atoms with E-state index >= 15 is 0 Å². The summed E-state index contributed by atoms with van der Waals surface area (Å²) in [5, 5.41) is 0. The summed E-state index contributed by atoms with van der Waals surface area (Å²) in [4.78, 5) is 0. The summed E-state index contributed by atoms with van der Waals surface area (Å²) in [7, 11) is 0. The molecule has 0 saturated heterocycles. The molecular formula is C20H14. The van der Waals surface area contributed by atoms with Crippen LogP contribution < -0.4 is 0 Å². The Morgan fingerprint density at radius 2 is 1.55 bits per heavy atom. The number of hydrogen-bond donors (Lipinski definition) is 0. The zero-order valence-corrected chi connectivity index (χ0v) is 11.4. The molecule has 0 aromatic heterocycles. The summed E-state index contributed by atoms with van der Waals surface area (Å²) in [5.74, 6) is 0. The van der Waals surface area contributed by atoms with Crippen molar-refractivity contribution < 1.29 is 0 Å². The van der Waals surface area contributed by atoms with Crippen LogP contribution in [0.4, 0.5) is 0 Å². The first-order valence-electron chi connectivity index (χ1n) is 6.94. The van der Waals surface area contributed by atoms with Crippen LogP contribution in [0.3, 0.4) is 0 Å². The van der Waals surface area contributed by atoms with Gasteiger partial charge in [-0.3, -0.25) is 0 Å². The molecule has 0 nitrogen and oxygen atoms in total. The standard InChI is InChI=1S/C20H14/c1-14-6-2-4-8-18(14)17-11-10-16-12-15-7-3-5-9-19(15)20(16)13-17/h2-9,13H,12H2,1H3. The van der Waals surface area contributed by atoms with Gasteiger partial charge >= 0.3 is 0 Å². The lowest BCUT2D eigenvalue weighted by Gasteiger charge is -2.08. The van der Waals surface area contributed by atoms with Crippen LogP contribution in [-0.2, 0) is 6.42 Å². The minimum atomic E-state index is 0.982. The Morgan fingerprint density at radius 3 is 2.40 bits per heavy atom. The molecule has 20 heavy (non-hydrogen) atoms. The number of rotatable bonds is 1. The maximum Gasteiger partial charge on any atom is -0.000705 e. The lowest BCUT2D eigenvalue weighted by Crippen LogP contribution is -1.86. The number of aryl methyl sites for hydroxylation is 1. The second-order valence-corrected chi connectivity index (χ2v) is 5.35. The second-order valence-electron chi connectivity index (χ2n) is 5.35. The highest BCUT2D eigenvalue weighted by atomic mass is 14.2. The van der Waals surface area contributed by atoms with Gasteiger partial charge in [0.25, 0.3) is 0 Å². The summed E-state index contributed by atoms with van der Waals surface area (Å²) >= 11 is 0. The number of fused-ring (bicyclic) bond motifs is 3. The molecule has 4 rings (SSSR count). The molecule has 0 saturated carbocycles. The molecule has 0 fully saturated rings. The van der Waals surface area contributed by atoms with Crippen LogP contribution in [0.15, 0.2) is 54.6 Å². The summed E-state index contributed by atoms with van der Waals surface area (Å²) in [5.41, 5.74) is 9.00. The van der Waals surface area contributed by atoms with Gasteiger partial charge in [-0.25, -0.2) is 0 Å². The Hall–Kier alpha value is -2.34. The van der Waals surface area contributed by atoms with E-state index < -0.39 is 0 Å². The molecule has 0 atom stereocenters. The molecule has 94 valence electrons. The van der Waals surface area contributed by atoms with Gasteiger partial charge < -0.3 is 0 Å². The molecule has 0 N–H and O–H groups in total. The molecule has 2 radical (unpaired) electrons. The third-order valence-corrected chi connectivity index (χ3v) is 4.07. The van der Waals surface area contributed by atoms with Gasteiger partial charge in [0.1, 0.15) is 0 Å². The van der Waals surface area contributed by atoms with E-state index in [1.54, 1.807) is 0 Å². The fourth-order valence-corrected chi connectivity index (χ4v) is 3.01. The predicted octanol–water partition coefficient (Wildman–Crippen LogP) is 4.83. The molecule has 0 unspecified atom stereocenters. The number of hydrogen-bond acceptors (Lipinski definition) is 0. The topological polar surface area (TPSA) is 0 Å². The van der Waals surface area contributed by atoms with Crippen LogP contribution >= 0.6 is 0 Å². The quantitative estimate of drug-likeness (QED) is 0.456. The monoisotopic (exact) mass is 254 g/mol. The van der Waals surface area contributed by atoms with Crippen LogP contribution in [0.5, 0.6) is 0 Å². The highest BCUT2D eigenvalue weighted by molar-refractivity contribution is 5.81. The third kappa shape index (κ3) is 1.69. The van der Waals surface area contributed by atoms with E-state index in [0.29, 0.717) is 0 Å². The minimum Gasteiger partial charge on any atom is -0.0620 e. The van der Waals surface area contributed by atoms with E-state index in [4.69, 9.17) is 0 Å². The van der Waals surface area contributed by atoms with Gasteiger partial charge in [0, 0.05) is 0 Å². The number of benzene rings is 3. The SMILES string of the molecule is Cc1ccccc1-c1[c][c]c2c(c1)-c1ccccc1C2. The summed E-state index contributed by atoms with van der Waals surface area (Å²) in [6.07, 6.45) is 0.982. The Kier molecular flexibility index (Phi) is 2.50. The van der Waals surface area contributed by atoms with Crippen molar-refractivity contribution in [2.24, 2.45) is 0 Å². The zero-order chi connectivity index (χ0) is 13.5. The Bertz CT molecular complexity index is 797. The van der Waals surface area contributed by atoms with E-state index in [2.05, 4.69) is 73.7 Å². The molecule has 0 heterocycles. The molecular weight excluding hydrogens is 240 g/mol. The average Bonchev–Trinajstić information content (AvgIpc) is 2.85. The van der Waals surface area contributed by atoms with Crippen molar-refractivity contribution in [2.45, 2.75) is 13.3 Å². The molecule has 0 heteroatoms. The smallest absolute Gasteiger partial charge is 0.000705 e. The van der Waals surface area contributed by atoms with Gasteiger partial charge in [0.15, 0.2) is 0 Å². The van der Waals surface area contributed by atoms with Gasteiger partial charge in [-0.15, -0.1) is 0 Å². The first-order valence-corrected chi connectivity index (χ1v) is 6.94. The highest BCUT2D eigenvalue weighted by Crippen LogP contribution is 2.38. The molecule has 0 bridgehead atoms. The van der Waals surface area contributed by atoms with E-state index in [0.717, 1.165) is 12.0 Å². The van der Waals surface area contributed by atoms with Crippen LogP contribution in [-0.4, -0.2) is 0 Å². The van der Waals surface area contributed by atoms with Gasteiger partial charge in [0.05, 0.1) is 0 Å². The Labute approximate surface area is 119 Å². The molecule has 3 aromatic carbocycles. The third-order valence-electron chi connectivity index (χ3n) is 4.07. The van der Waals surface area contributed by atoms with Crippen molar-refractivity contribution >= 4 is 0 Å². The van der Waals surface area contributed by atoms with Crippen molar-refractivity contribution in [3.63, 3.8) is 0 Å². The summed E-state index contributed by atoms with van der Waals surface area (Å²) < 4.78 is 0. The first-order chi connectivity index (χ1) is 9.83. The molecule has 1 aliphatic rings. The second kappa shape index (κ2) is 4.35. The average molecular weight is 254 g/mol. The van der Waals surface area contributed by atoms with Gasteiger partial charge in [0.2, 0.25) is 0 Å². The Balaban J connectivity index is 1.90. The van der Waals surface area contributed by atoms with Gasteiger partial charge in [-0.05, 0) is 70.5 Å². The van der Waals surface area contributed by atoms with Crippen LogP contribution in [0.2, 0.25) is 0 Å². The fraction of sp³-hybridized carbons (Fsp3) is 0.100. The van der Waals surface area contributed by atoms with Crippen molar-refractivity contribution in [3.8, 4) is 22.3 Å². The van der Waals surface area contributed by atoms with Crippen LogP contribution in [0.25, 0.3) is 22.3 Å². The highest BCUT2D eigenvalue weighted by Gasteiger charge is 2.18. The normalized spacial score (nSPS) is 12.1. The molecule has 0 spiro atoms. The molecule has 0 aliphatic heterocycles. The van der Waals surface area contributed by atoms with Crippen molar-refractivity contribution in [3.05, 3.63) is 83.4 Å². The molecule has 1 aliphatic carbocycles. The maximum atomic E-state index is 3.37. The van der Waals surface area contributed by atoms with Crippen LogP contribution in [0, 0.1) is 19.1 Å². The zero-order valence-electron chi connectivity index (χ0n) is 11.4. The maximum absolute atomic E-state index is 3.37. The lowest BCUT2D eigenvalue weighted by molar-refractivity contribution is 1.26. The van der Waals surface area contributed by atoms with E-state index in [9.17, 15) is 0 Å². The van der Waals surface area contributed by atoms with Crippen LogP contribution in [0.1, 0.15) is 16.7 Å². The Morgan fingerprint density at radius 1 is 0.800 bits per heavy atom. The van der Waals surface area contributed by atoms with Gasteiger partial charge in [-0.1, -0.05) is 48.5 Å². The van der Waals surface area contributed by atoms with Crippen molar-refractivity contribution in [1.29, 1.82) is 0 Å². The first kappa shape index (κ1) is 11.5. The largest absolute Gasteiger partial charge is 0.0620 e. The van der Waals surface area contributed by atoms with Gasteiger partial charge in [-0.2, -0.15) is 0 Å². The predicted molar refractivity (Wildman–Crippen MR) is 82.5 cm³/mol. The van der Waals surface area contributed by atoms with E-state index in [1.165, 1.54) is 33.4 Å². The van der Waals surface area contributed by atoms with Crippen molar-refractivity contribution in [2.75, 3.05) is 0 Å². The summed E-state index contributed by atoms with van der Waals surface area (Å²) in [6.45, 7) is 2.14. The minimum absolute atomic E-state index is 0.982.